The SMILES string of the molecule is CN(C)c1cccc2c(C=O)nc(C(F)(F)F)n12. The van der Waals surface area contributed by atoms with Crippen molar-refractivity contribution in [2.45, 2.75) is 6.18 Å². The van der Waals surface area contributed by atoms with Gasteiger partial charge in [0.15, 0.2) is 6.29 Å². The van der Waals surface area contributed by atoms with Crippen molar-refractivity contribution >= 4 is 17.6 Å². The molecule has 0 unspecified atom stereocenters. The number of imidazole rings is 1. The van der Waals surface area contributed by atoms with Gasteiger partial charge in [0.05, 0.1) is 5.52 Å². The minimum atomic E-state index is -4.61. The van der Waals surface area contributed by atoms with E-state index in [-0.39, 0.29) is 11.2 Å². The number of carbonyl (C=O) groups excluding carboxylic acids is 1. The summed E-state index contributed by atoms with van der Waals surface area (Å²) in [6.07, 6.45) is -4.29. The van der Waals surface area contributed by atoms with Crippen molar-refractivity contribution in [3.8, 4) is 0 Å². The Hall–Kier alpha value is -2.05. The Labute approximate surface area is 101 Å². The molecule has 2 heterocycles. The van der Waals surface area contributed by atoms with Gasteiger partial charge in [-0.05, 0) is 12.1 Å². The Morgan fingerprint density at radius 3 is 2.50 bits per heavy atom. The van der Waals surface area contributed by atoms with Crippen LogP contribution >= 0.6 is 0 Å². The van der Waals surface area contributed by atoms with Crippen LogP contribution in [0.4, 0.5) is 19.0 Å². The maximum atomic E-state index is 12.9. The molecule has 2 rings (SSSR count). The van der Waals surface area contributed by atoms with Gasteiger partial charge >= 0.3 is 6.18 Å². The van der Waals surface area contributed by atoms with Gasteiger partial charge in [-0.25, -0.2) is 4.98 Å². The lowest BCUT2D eigenvalue weighted by atomic mass is 10.3. The predicted octanol–water partition coefficient (Wildman–Crippen LogP) is 2.23. The van der Waals surface area contributed by atoms with E-state index in [1.165, 1.54) is 17.0 Å². The zero-order valence-electron chi connectivity index (χ0n) is 9.69. The standard InChI is InChI=1S/C11H10F3N3O/c1-16(2)9-5-3-4-8-7(6-18)15-10(17(8)9)11(12,13)14/h3-6H,1-2H3. The van der Waals surface area contributed by atoms with E-state index in [2.05, 4.69) is 4.98 Å². The molecule has 0 amide bonds. The molecule has 2 aromatic heterocycles. The van der Waals surface area contributed by atoms with E-state index < -0.39 is 12.0 Å². The molecule has 18 heavy (non-hydrogen) atoms. The van der Waals surface area contributed by atoms with Gasteiger partial charge in [0, 0.05) is 14.1 Å². The van der Waals surface area contributed by atoms with E-state index in [0.29, 0.717) is 12.1 Å². The molecule has 0 fully saturated rings. The number of aldehydes is 1. The molecule has 0 spiro atoms. The highest BCUT2D eigenvalue weighted by Gasteiger charge is 2.38. The Bertz CT molecular complexity index is 601. The molecule has 96 valence electrons. The number of halogens is 3. The van der Waals surface area contributed by atoms with Crippen LogP contribution in [0.2, 0.25) is 0 Å². The Kier molecular flexibility index (Phi) is 2.76. The molecule has 7 heteroatoms. The second-order valence-corrected chi connectivity index (χ2v) is 3.94. The number of nitrogens with zero attached hydrogens (tertiary/aromatic N) is 3. The van der Waals surface area contributed by atoms with Crippen LogP contribution in [0.5, 0.6) is 0 Å². The van der Waals surface area contributed by atoms with Gasteiger partial charge < -0.3 is 4.90 Å². The number of pyridine rings is 1. The molecule has 0 atom stereocenters. The van der Waals surface area contributed by atoms with E-state index in [4.69, 9.17) is 0 Å². The van der Waals surface area contributed by atoms with Crippen molar-refractivity contribution in [1.82, 2.24) is 9.38 Å². The van der Waals surface area contributed by atoms with Crippen molar-refractivity contribution in [3.63, 3.8) is 0 Å². The normalized spacial score (nSPS) is 11.8. The second-order valence-electron chi connectivity index (χ2n) is 3.94. The number of aromatic nitrogens is 2. The summed E-state index contributed by atoms with van der Waals surface area (Å²) in [7, 11) is 3.24. The first-order valence-electron chi connectivity index (χ1n) is 5.07. The third-order valence-electron chi connectivity index (χ3n) is 2.49. The van der Waals surface area contributed by atoms with Crippen LogP contribution in [0.15, 0.2) is 18.2 Å². The first-order chi connectivity index (χ1) is 8.36. The van der Waals surface area contributed by atoms with Crippen LogP contribution in [0.25, 0.3) is 5.52 Å². The number of hydrogen-bond acceptors (Lipinski definition) is 3. The number of rotatable bonds is 2. The highest BCUT2D eigenvalue weighted by Crippen LogP contribution is 2.32. The molecular formula is C11H10F3N3O. The minimum Gasteiger partial charge on any atom is -0.364 e. The van der Waals surface area contributed by atoms with Crippen molar-refractivity contribution < 1.29 is 18.0 Å². The van der Waals surface area contributed by atoms with E-state index >= 15 is 0 Å². The predicted molar refractivity (Wildman–Crippen MR) is 59.9 cm³/mol. The van der Waals surface area contributed by atoms with Crippen LogP contribution in [-0.4, -0.2) is 29.8 Å². The molecule has 0 aliphatic heterocycles. The van der Waals surface area contributed by atoms with E-state index in [1.54, 1.807) is 20.2 Å². The average Bonchev–Trinajstić information content (AvgIpc) is 2.66. The highest BCUT2D eigenvalue weighted by atomic mass is 19.4. The lowest BCUT2D eigenvalue weighted by molar-refractivity contribution is -0.145. The summed E-state index contributed by atoms with van der Waals surface area (Å²) in [5.41, 5.74) is -0.0745. The summed E-state index contributed by atoms with van der Waals surface area (Å²) in [6.45, 7) is 0. The van der Waals surface area contributed by atoms with Crippen molar-refractivity contribution in [2.75, 3.05) is 19.0 Å². The summed E-state index contributed by atoms with van der Waals surface area (Å²) in [6, 6.07) is 4.54. The second kappa shape index (κ2) is 4.01. The van der Waals surface area contributed by atoms with Gasteiger partial charge in [-0.15, -0.1) is 0 Å². The fourth-order valence-corrected chi connectivity index (χ4v) is 1.77. The molecule has 0 N–H and O–H groups in total. The van der Waals surface area contributed by atoms with E-state index in [1.807, 2.05) is 0 Å². The smallest absolute Gasteiger partial charge is 0.364 e. The Morgan fingerprint density at radius 2 is 2.00 bits per heavy atom. The molecular weight excluding hydrogens is 247 g/mol. The quantitative estimate of drug-likeness (QED) is 0.774. The molecule has 0 aliphatic carbocycles. The van der Waals surface area contributed by atoms with Gasteiger partial charge in [-0.2, -0.15) is 13.2 Å². The minimum absolute atomic E-state index is 0.142. The summed E-state index contributed by atoms with van der Waals surface area (Å²) < 4.78 is 39.6. The molecule has 0 radical (unpaired) electrons. The summed E-state index contributed by atoms with van der Waals surface area (Å²) in [5.74, 6) is -0.788. The number of anilines is 1. The third-order valence-corrected chi connectivity index (χ3v) is 2.49. The summed E-state index contributed by atoms with van der Waals surface area (Å²) in [4.78, 5) is 15.7. The average molecular weight is 257 g/mol. The first-order valence-corrected chi connectivity index (χ1v) is 5.07. The lowest BCUT2D eigenvalue weighted by Gasteiger charge is -2.16. The summed E-state index contributed by atoms with van der Waals surface area (Å²) >= 11 is 0. The number of fused-ring (bicyclic) bond motifs is 1. The molecule has 0 aromatic carbocycles. The molecule has 2 aromatic rings. The fraction of sp³-hybridized carbons (Fsp3) is 0.273. The van der Waals surface area contributed by atoms with Gasteiger partial charge in [0.2, 0.25) is 5.82 Å². The molecule has 0 bridgehead atoms. The molecule has 0 saturated carbocycles. The van der Waals surface area contributed by atoms with Crippen molar-refractivity contribution in [2.24, 2.45) is 0 Å². The van der Waals surface area contributed by atoms with Crippen LogP contribution in [0, 0.1) is 0 Å². The van der Waals surface area contributed by atoms with Crippen molar-refractivity contribution in [3.05, 3.63) is 29.7 Å². The maximum Gasteiger partial charge on any atom is 0.450 e. The largest absolute Gasteiger partial charge is 0.450 e. The zero-order valence-corrected chi connectivity index (χ0v) is 9.69. The number of alkyl halides is 3. The van der Waals surface area contributed by atoms with Gasteiger partial charge in [0.25, 0.3) is 0 Å². The van der Waals surface area contributed by atoms with Crippen molar-refractivity contribution in [1.29, 1.82) is 0 Å². The lowest BCUT2D eigenvalue weighted by Crippen LogP contribution is -2.17. The Balaban J connectivity index is 2.90. The zero-order chi connectivity index (χ0) is 13.5. The molecule has 0 aliphatic rings. The van der Waals surface area contributed by atoms with Crippen LogP contribution in [0.1, 0.15) is 16.3 Å². The fourth-order valence-electron chi connectivity index (χ4n) is 1.77. The Morgan fingerprint density at radius 1 is 1.33 bits per heavy atom. The monoisotopic (exact) mass is 257 g/mol. The molecule has 0 saturated heterocycles. The van der Waals surface area contributed by atoms with Crippen LogP contribution in [-0.2, 0) is 6.18 Å². The topological polar surface area (TPSA) is 37.6 Å². The molecule has 4 nitrogen and oxygen atoms in total. The maximum absolute atomic E-state index is 12.9. The van der Waals surface area contributed by atoms with Gasteiger partial charge in [0.1, 0.15) is 11.5 Å². The van der Waals surface area contributed by atoms with E-state index in [0.717, 1.165) is 4.40 Å². The summed E-state index contributed by atoms with van der Waals surface area (Å²) in [5, 5.41) is 0. The first kappa shape index (κ1) is 12.4. The van der Waals surface area contributed by atoms with E-state index in [9.17, 15) is 18.0 Å². The van der Waals surface area contributed by atoms with Gasteiger partial charge in [-0.3, -0.25) is 9.20 Å². The number of hydrogen-bond donors (Lipinski definition) is 0. The third kappa shape index (κ3) is 1.81. The van der Waals surface area contributed by atoms with Crippen LogP contribution < -0.4 is 4.90 Å². The number of carbonyl (C=O) groups is 1. The highest BCUT2D eigenvalue weighted by molar-refractivity contribution is 5.84. The van der Waals surface area contributed by atoms with Crippen LogP contribution in [0.3, 0.4) is 0 Å². The van der Waals surface area contributed by atoms with Gasteiger partial charge in [-0.1, -0.05) is 6.07 Å².